The molecule has 0 bridgehead atoms. The second kappa shape index (κ2) is 2.81. The van der Waals surface area contributed by atoms with Gasteiger partial charge in [0.05, 0.1) is 0 Å². The van der Waals surface area contributed by atoms with Crippen LogP contribution in [0.25, 0.3) is 11.2 Å². The lowest BCUT2D eigenvalue weighted by atomic mass is 10.0. The summed E-state index contributed by atoms with van der Waals surface area (Å²) in [4.78, 5) is 8.80. The zero-order valence-electron chi connectivity index (χ0n) is 10.7. The van der Waals surface area contributed by atoms with Gasteiger partial charge in [-0.25, -0.2) is 9.97 Å². The van der Waals surface area contributed by atoms with E-state index in [0.717, 1.165) is 11.2 Å². The second-order valence-corrected chi connectivity index (χ2v) is 6.03. The molecule has 1 fully saturated rings. The number of nitrogens with zero attached hydrogens (tertiary/aromatic N) is 3. The van der Waals surface area contributed by atoms with Crippen molar-refractivity contribution in [2.24, 2.45) is 10.8 Å². The van der Waals surface area contributed by atoms with Gasteiger partial charge in [-0.2, -0.15) is 0 Å². The number of nitrogens with two attached hydrogens (primary N) is 1. The molecule has 0 unspecified atom stereocenters. The Hall–Kier alpha value is -1.58. The van der Waals surface area contributed by atoms with Crippen LogP contribution in [-0.2, 0) is 0 Å². The zero-order valence-corrected chi connectivity index (χ0v) is 10.7. The molecule has 1 aliphatic rings. The van der Waals surface area contributed by atoms with Gasteiger partial charge in [0.25, 0.3) is 0 Å². The number of pyridine rings is 1. The van der Waals surface area contributed by atoms with Crippen molar-refractivity contribution >= 4 is 17.1 Å². The summed E-state index contributed by atoms with van der Waals surface area (Å²) >= 11 is 0. The SMILES string of the molecule is CC1(C)C(n2c(N)nc3cccnc32)C1(C)C. The van der Waals surface area contributed by atoms with Crippen LogP contribution >= 0.6 is 0 Å². The first-order valence-electron chi connectivity index (χ1n) is 5.96. The Bertz CT molecular complexity index is 580. The van der Waals surface area contributed by atoms with Crippen molar-refractivity contribution in [2.45, 2.75) is 33.7 Å². The van der Waals surface area contributed by atoms with Crippen LogP contribution in [0.4, 0.5) is 5.95 Å². The standard InChI is InChI=1S/C13H18N4/c1-12(2)10(13(12,3)4)17-9-8(16-11(17)14)6-5-7-15-9/h5-7,10H,1-4H3,(H2,14,16). The summed E-state index contributed by atoms with van der Waals surface area (Å²) in [5.41, 5.74) is 8.28. The number of anilines is 1. The summed E-state index contributed by atoms with van der Waals surface area (Å²) in [6.07, 6.45) is 1.79. The van der Waals surface area contributed by atoms with Crippen molar-refractivity contribution in [3.05, 3.63) is 18.3 Å². The predicted octanol–water partition coefficient (Wildman–Crippen LogP) is 2.62. The van der Waals surface area contributed by atoms with Crippen LogP contribution in [0.15, 0.2) is 18.3 Å². The summed E-state index contributed by atoms with van der Waals surface area (Å²) < 4.78 is 2.09. The third-order valence-electron chi connectivity index (χ3n) is 4.68. The van der Waals surface area contributed by atoms with E-state index >= 15 is 0 Å². The maximum Gasteiger partial charge on any atom is 0.202 e. The molecular formula is C13H18N4. The highest BCUT2D eigenvalue weighted by atomic mass is 15.2. The van der Waals surface area contributed by atoms with E-state index in [4.69, 9.17) is 5.73 Å². The van der Waals surface area contributed by atoms with E-state index in [-0.39, 0.29) is 10.8 Å². The first-order chi connectivity index (χ1) is 7.87. The molecule has 90 valence electrons. The summed E-state index contributed by atoms with van der Waals surface area (Å²) in [5, 5.41) is 0. The molecule has 0 spiro atoms. The monoisotopic (exact) mass is 230 g/mol. The van der Waals surface area contributed by atoms with Gasteiger partial charge < -0.3 is 5.73 Å². The molecule has 0 aliphatic heterocycles. The lowest BCUT2D eigenvalue weighted by Gasteiger charge is -2.07. The fourth-order valence-corrected chi connectivity index (χ4v) is 3.01. The minimum atomic E-state index is 0.228. The summed E-state index contributed by atoms with van der Waals surface area (Å²) in [7, 11) is 0. The second-order valence-electron chi connectivity index (χ2n) is 6.03. The van der Waals surface area contributed by atoms with Gasteiger partial charge in [-0.15, -0.1) is 0 Å². The van der Waals surface area contributed by atoms with Crippen LogP contribution < -0.4 is 5.73 Å². The van der Waals surface area contributed by atoms with Crippen molar-refractivity contribution < 1.29 is 0 Å². The molecule has 2 aromatic heterocycles. The smallest absolute Gasteiger partial charge is 0.202 e. The molecule has 3 rings (SSSR count). The highest BCUT2D eigenvalue weighted by molar-refractivity contribution is 5.74. The first-order valence-corrected chi connectivity index (χ1v) is 5.96. The molecule has 0 atom stereocenters. The Balaban J connectivity index is 2.23. The predicted molar refractivity (Wildman–Crippen MR) is 68.5 cm³/mol. The Morgan fingerprint density at radius 2 is 1.88 bits per heavy atom. The van der Waals surface area contributed by atoms with Gasteiger partial charge >= 0.3 is 0 Å². The average molecular weight is 230 g/mol. The van der Waals surface area contributed by atoms with E-state index in [1.807, 2.05) is 12.1 Å². The van der Waals surface area contributed by atoms with Crippen molar-refractivity contribution in [1.82, 2.24) is 14.5 Å². The van der Waals surface area contributed by atoms with Gasteiger partial charge in [0.15, 0.2) is 5.65 Å². The van der Waals surface area contributed by atoms with Crippen molar-refractivity contribution in [2.75, 3.05) is 5.73 Å². The maximum atomic E-state index is 6.05. The molecule has 2 aromatic rings. The number of nitrogen functional groups attached to an aromatic ring is 1. The largest absolute Gasteiger partial charge is 0.369 e. The minimum Gasteiger partial charge on any atom is -0.369 e. The fraction of sp³-hybridized carbons (Fsp3) is 0.538. The molecule has 1 aliphatic carbocycles. The Morgan fingerprint density at radius 1 is 1.24 bits per heavy atom. The summed E-state index contributed by atoms with van der Waals surface area (Å²) in [5.74, 6) is 0.572. The third-order valence-corrected chi connectivity index (χ3v) is 4.68. The molecule has 4 nitrogen and oxygen atoms in total. The molecule has 2 N–H and O–H groups in total. The molecule has 0 radical (unpaired) electrons. The average Bonchev–Trinajstić information content (AvgIpc) is 2.55. The van der Waals surface area contributed by atoms with E-state index in [2.05, 4.69) is 42.2 Å². The highest BCUT2D eigenvalue weighted by Crippen LogP contribution is 2.72. The van der Waals surface area contributed by atoms with E-state index < -0.39 is 0 Å². The van der Waals surface area contributed by atoms with Crippen molar-refractivity contribution in [1.29, 1.82) is 0 Å². The number of hydrogen-bond donors (Lipinski definition) is 1. The minimum absolute atomic E-state index is 0.228. The van der Waals surface area contributed by atoms with Crippen molar-refractivity contribution in [3.63, 3.8) is 0 Å². The lowest BCUT2D eigenvalue weighted by molar-refractivity contribution is 0.457. The highest BCUT2D eigenvalue weighted by Gasteiger charge is 2.66. The molecule has 0 amide bonds. The van der Waals surface area contributed by atoms with E-state index in [0.29, 0.717) is 12.0 Å². The van der Waals surface area contributed by atoms with Gasteiger partial charge in [-0.1, -0.05) is 27.7 Å². The van der Waals surface area contributed by atoms with Gasteiger partial charge in [-0.05, 0) is 23.0 Å². The number of rotatable bonds is 1. The number of hydrogen-bond acceptors (Lipinski definition) is 3. The van der Waals surface area contributed by atoms with E-state index in [1.165, 1.54) is 0 Å². The van der Waals surface area contributed by atoms with Gasteiger partial charge in [0, 0.05) is 12.2 Å². The molecule has 2 heterocycles. The quantitative estimate of drug-likeness (QED) is 0.819. The molecule has 1 saturated carbocycles. The Morgan fingerprint density at radius 3 is 2.47 bits per heavy atom. The van der Waals surface area contributed by atoms with Crippen LogP contribution in [-0.4, -0.2) is 14.5 Å². The normalized spacial score (nSPS) is 21.9. The number of imidazole rings is 1. The van der Waals surface area contributed by atoms with E-state index in [9.17, 15) is 0 Å². The summed E-state index contributed by atoms with van der Waals surface area (Å²) in [6.45, 7) is 9.08. The van der Waals surface area contributed by atoms with Gasteiger partial charge in [-0.3, -0.25) is 4.57 Å². The molecule has 0 saturated heterocycles. The van der Waals surface area contributed by atoms with E-state index in [1.54, 1.807) is 6.20 Å². The third kappa shape index (κ3) is 1.13. The topological polar surface area (TPSA) is 56.7 Å². The first kappa shape index (κ1) is 10.6. The Labute approximate surface area is 101 Å². The zero-order chi connectivity index (χ0) is 12.4. The fourth-order valence-electron chi connectivity index (χ4n) is 3.01. The van der Waals surface area contributed by atoms with Crippen LogP contribution in [0.5, 0.6) is 0 Å². The molecular weight excluding hydrogens is 212 g/mol. The van der Waals surface area contributed by atoms with Crippen LogP contribution in [0.3, 0.4) is 0 Å². The maximum absolute atomic E-state index is 6.05. The number of fused-ring (bicyclic) bond motifs is 1. The van der Waals surface area contributed by atoms with Crippen LogP contribution in [0.2, 0.25) is 0 Å². The molecule has 17 heavy (non-hydrogen) atoms. The molecule has 0 aromatic carbocycles. The number of aromatic nitrogens is 3. The van der Waals surface area contributed by atoms with Crippen molar-refractivity contribution in [3.8, 4) is 0 Å². The lowest BCUT2D eigenvalue weighted by Crippen LogP contribution is -2.06. The van der Waals surface area contributed by atoms with Gasteiger partial charge in [0.1, 0.15) is 5.52 Å². The summed E-state index contributed by atoms with van der Waals surface area (Å²) in [6, 6.07) is 4.22. The van der Waals surface area contributed by atoms with Gasteiger partial charge in [0.2, 0.25) is 5.95 Å². The Kier molecular flexibility index (Phi) is 1.74. The van der Waals surface area contributed by atoms with Crippen LogP contribution in [0, 0.1) is 10.8 Å². The molecule has 4 heteroatoms. The van der Waals surface area contributed by atoms with Crippen LogP contribution in [0.1, 0.15) is 33.7 Å².